The van der Waals surface area contributed by atoms with Crippen molar-refractivity contribution in [3.05, 3.63) is 23.3 Å². The van der Waals surface area contributed by atoms with Crippen LogP contribution in [0.3, 0.4) is 0 Å². The van der Waals surface area contributed by atoms with Gasteiger partial charge in [-0.15, -0.1) is 0 Å². The van der Waals surface area contributed by atoms with Crippen molar-refractivity contribution in [2.75, 3.05) is 33.5 Å². The standard InChI is InChI=1S/C56H88O24/c1-11-24(2)46(70)80-45-44(69)56(23-73-25(3)60)27(18-51(45,4)5)26-12-13-31-52(6)16-15-33(53(7,22-59)30(52)14-17-54(31,8)55(26,9)19-32(56)61)76-50-42(78-49-39(67)37(65)35(63)29(21-58)75-49)40(68)41(43(79-50)47(71)72-10)77-48-38(66)36(64)34(62)28(20-57)74-48/h11-12,27-45,48-50,57-59,61-69H,13-23H2,1-10H3. The summed E-state index contributed by atoms with van der Waals surface area (Å²) in [7, 11) is 1.02. The molecule has 8 rings (SSSR count). The minimum absolute atomic E-state index is 0.0689. The zero-order valence-corrected chi connectivity index (χ0v) is 47.4. The fraction of sp³-hybridized carbons (Fsp3) is 0.875. The molecule has 0 spiro atoms. The molecule has 24 heteroatoms. The molecule has 456 valence electrons. The number of aliphatic hydroxyl groups excluding tert-OH is 12. The highest BCUT2D eigenvalue weighted by Gasteiger charge is 2.74. The van der Waals surface area contributed by atoms with Gasteiger partial charge in [0.05, 0.1) is 44.6 Å². The van der Waals surface area contributed by atoms with Gasteiger partial charge in [-0.25, -0.2) is 9.59 Å². The summed E-state index contributed by atoms with van der Waals surface area (Å²) >= 11 is 0. The van der Waals surface area contributed by atoms with Gasteiger partial charge in [0.1, 0.15) is 86.0 Å². The molecule has 12 N–H and O–H groups in total. The minimum atomic E-state index is -2.09. The molecule has 0 amide bonds. The summed E-state index contributed by atoms with van der Waals surface area (Å²) in [5.41, 5.74) is -3.68. The predicted octanol–water partition coefficient (Wildman–Crippen LogP) is -1.23. The number of methoxy groups -OCH3 is 1. The molecular weight excluding hydrogens is 1060 g/mol. The number of rotatable bonds is 14. The first-order valence-electron chi connectivity index (χ1n) is 28.1. The Labute approximate surface area is 465 Å². The van der Waals surface area contributed by atoms with Crippen LogP contribution in [0.2, 0.25) is 0 Å². The van der Waals surface area contributed by atoms with Gasteiger partial charge in [-0.05, 0) is 92.8 Å². The zero-order chi connectivity index (χ0) is 59.1. The third kappa shape index (κ3) is 10.1. The molecule has 3 aliphatic heterocycles. The maximum absolute atomic E-state index is 13.7. The first-order chi connectivity index (χ1) is 37.4. The largest absolute Gasteiger partial charge is 0.467 e. The van der Waals surface area contributed by atoms with Gasteiger partial charge in [-0.2, -0.15) is 0 Å². The molecule has 7 fully saturated rings. The third-order valence-corrected chi connectivity index (χ3v) is 21.2. The zero-order valence-electron chi connectivity index (χ0n) is 47.4. The predicted molar refractivity (Wildman–Crippen MR) is 273 cm³/mol. The maximum atomic E-state index is 13.7. The summed E-state index contributed by atoms with van der Waals surface area (Å²) in [6.45, 7) is 14.5. The number of hydrogen-bond acceptors (Lipinski definition) is 24. The normalized spacial score (nSPS) is 50.1. The third-order valence-electron chi connectivity index (χ3n) is 21.2. The van der Waals surface area contributed by atoms with E-state index in [1.807, 2.05) is 20.8 Å². The van der Waals surface area contributed by atoms with Crippen LogP contribution in [0, 0.1) is 50.2 Å². The molecule has 0 bridgehead atoms. The highest BCUT2D eigenvalue weighted by molar-refractivity contribution is 5.87. The quantitative estimate of drug-likeness (QED) is 0.0318. The number of allylic oxidation sites excluding steroid dienone is 3. The van der Waals surface area contributed by atoms with E-state index in [-0.39, 0.29) is 31.3 Å². The molecule has 5 aliphatic carbocycles. The molecule has 80 heavy (non-hydrogen) atoms. The Morgan fingerprint density at radius 2 is 1.29 bits per heavy atom. The molecule has 0 aromatic rings. The van der Waals surface area contributed by atoms with Gasteiger partial charge in [0.2, 0.25) is 0 Å². The van der Waals surface area contributed by atoms with Crippen LogP contribution in [0.1, 0.15) is 107 Å². The van der Waals surface area contributed by atoms with Gasteiger partial charge in [-0.3, -0.25) is 4.79 Å². The van der Waals surface area contributed by atoms with Crippen LogP contribution in [0.4, 0.5) is 0 Å². The fourth-order valence-corrected chi connectivity index (χ4v) is 16.2. The lowest BCUT2D eigenvalue weighted by Gasteiger charge is -2.72. The number of carbonyl (C=O) groups is 3. The fourth-order valence-electron chi connectivity index (χ4n) is 16.2. The van der Waals surface area contributed by atoms with E-state index in [0.717, 1.165) is 12.7 Å². The molecule has 27 unspecified atom stereocenters. The molecule has 8 aliphatic rings. The summed E-state index contributed by atoms with van der Waals surface area (Å²) in [5.74, 6) is -3.18. The van der Waals surface area contributed by atoms with Gasteiger partial charge in [0, 0.05) is 23.3 Å². The average molecular weight is 1150 g/mol. The Hall–Kier alpha value is -2.83. The van der Waals surface area contributed by atoms with Crippen LogP contribution in [0.25, 0.3) is 0 Å². The Morgan fingerprint density at radius 1 is 0.700 bits per heavy atom. The molecular formula is C56H88O24. The SMILES string of the molecule is CC=C(C)C(=O)OC1C(O)C2(COC(C)=O)C(O)CC3(C)C(=CCC4C5(C)CCC(OC6OC(C(=O)OC)C(OC7OC(CO)C(O)C(O)C7O)C(O)C6OC6OC(CO)C(O)C(O)C6O)C(C)(CO)C5CCC43C)C2CC1(C)C. The topological polar surface area (TPSA) is 377 Å². The van der Waals surface area contributed by atoms with Gasteiger partial charge in [-0.1, -0.05) is 59.3 Å². The first kappa shape index (κ1) is 63.2. The van der Waals surface area contributed by atoms with Crippen LogP contribution in [0.5, 0.6) is 0 Å². The van der Waals surface area contributed by atoms with Crippen LogP contribution < -0.4 is 0 Å². The van der Waals surface area contributed by atoms with E-state index in [1.165, 1.54) is 6.92 Å². The lowest BCUT2D eigenvalue weighted by molar-refractivity contribution is -0.392. The number of carbonyl (C=O) groups excluding carboxylic acids is 3. The Kier molecular flexibility index (Phi) is 18.3. The van der Waals surface area contributed by atoms with Crippen molar-refractivity contribution in [1.29, 1.82) is 0 Å². The number of esters is 3. The molecule has 27 atom stereocenters. The molecule has 3 saturated heterocycles. The van der Waals surface area contributed by atoms with Gasteiger partial charge in [0.25, 0.3) is 0 Å². The van der Waals surface area contributed by atoms with Crippen molar-refractivity contribution >= 4 is 17.9 Å². The van der Waals surface area contributed by atoms with Gasteiger partial charge < -0.3 is 104 Å². The summed E-state index contributed by atoms with van der Waals surface area (Å²) in [4.78, 5) is 39.6. The number of hydrogen-bond donors (Lipinski definition) is 12. The highest BCUT2D eigenvalue weighted by atomic mass is 16.8. The van der Waals surface area contributed by atoms with Crippen molar-refractivity contribution in [2.45, 2.75) is 224 Å². The summed E-state index contributed by atoms with van der Waals surface area (Å²) in [5, 5.41) is 134. The molecule has 3 heterocycles. The summed E-state index contributed by atoms with van der Waals surface area (Å²) in [6.07, 6.45) is -25.7. The van der Waals surface area contributed by atoms with Crippen LogP contribution in [-0.2, 0) is 57.0 Å². The second kappa shape index (κ2) is 23.2. The minimum Gasteiger partial charge on any atom is -0.467 e. The lowest BCUT2D eigenvalue weighted by Crippen LogP contribution is -2.72. The molecule has 24 nitrogen and oxygen atoms in total. The van der Waals surface area contributed by atoms with E-state index < -0.39 is 193 Å². The second-order valence-electron chi connectivity index (χ2n) is 25.8. The van der Waals surface area contributed by atoms with Gasteiger partial charge in [0.15, 0.2) is 25.0 Å². The van der Waals surface area contributed by atoms with Crippen LogP contribution in [0.15, 0.2) is 23.3 Å². The van der Waals surface area contributed by atoms with E-state index in [9.17, 15) is 75.7 Å². The smallest absolute Gasteiger partial charge is 0.337 e. The molecule has 4 saturated carbocycles. The number of aliphatic hydroxyl groups is 12. The highest BCUT2D eigenvalue weighted by Crippen LogP contribution is 2.76. The van der Waals surface area contributed by atoms with E-state index >= 15 is 0 Å². The van der Waals surface area contributed by atoms with E-state index in [1.54, 1.807) is 19.9 Å². The van der Waals surface area contributed by atoms with Gasteiger partial charge >= 0.3 is 17.9 Å². The van der Waals surface area contributed by atoms with Crippen LogP contribution >= 0.6 is 0 Å². The Morgan fingerprint density at radius 3 is 1.82 bits per heavy atom. The molecule has 0 radical (unpaired) electrons. The van der Waals surface area contributed by atoms with Crippen molar-refractivity contribution < 1.29 is 118 Å². The monoisotopic (exact) mass is 1140 g/mol. The van der Waals surface area contributed by atoms with E-state index in [2.05, 4.69) is 26.8 Å². The molecule has 0 aromatic heterocycles. The van der Waals surface area contributed by atoms with Crippen molar-refractivity contribution in [2.24, 2.45) is 50.2 Å². The summed E-state index contributed by atoms with van der Waals surface area (Å²) in [6, 6.07) is 0. The van der Waals surface area contributed by atoms with Crippen molar-refractivity contribution in [3.63, 3.8) is 0 Å². The van der Waals surface area contributed by atoms with Crippen molar-refractivity contribution in [3.8, 4) is 0 Å². The Bertz CT molecular complexity index is 2310. The maximum Gasteiger partial charge on any atom is 0.337 e. The molecule has 0 aromatic carbocycles. The lowest BCUT2D eigenvalue weighted by atomic mass is 9.33. The van der Waals surface area contributed by atoms with E-state index in [4.69, 9.17) is 42.6 Å². The number of ether oxygens (including phenoxy) is 9. The Balaban J connectivity index is 1.12. The van der Waals surface area contributed by atoms with E-state index in [0.29, 0.717) is 37.7 Å². The summed E-state index contributed by atoms with van der Waals surface area (Å²) < 4.78 is 53.5. The first-order valence-corrected chi connectivity index (χ1v) is 28.1. The van der Waals surface area contributed by atoms with Crippen LogP contribution in [-0.4, -0.2) is 229 Å². The van der Waals surface area contributed by atoms with Crippen molar-refractivity contribution in [1.82, 2.24) is 0 Å². The average Bonchev–Trinajstić information content (AvgIpc) is 2.43. The second-order valence-corrected chi connectivity index (χ2v) is 25.8. The number of fused-ring (bicyclic) bond motifs is 7.